The molecule has 1 aromatic carbocycles. The molecule has 0 spiro atoms. The van der Waals surface area contributed by atoms with Gasteiger partial charge in [0.2, 0.25) is 0 Å². The van der Waals surface area contributed by atoms with E-state index in [1.165, 1.54) is 6.07 Å². The lowest BCUT2D eigenvalue weighted by Gasteiger charge is -2.38. The van der Waals surface area contributed by atoms with Crippen molar-refractivity contribution in [1.82, 2.24) is 4.90 Å². The molecular formula is C14H21Cl2N3O3. The maximum Gasteiger partial charge on any atom is 0.287 e. The molecule has 0 saturated carbocycles. The van der Waals surface area contributed by atoms with Gasteiger partial charge in [0.15, 0.2) is 0 Å². The summed E-state index contributed by atoms with van der Waals surface area (Å²) in [5, 5.41) is 10.9. The zero-order valence-corrected chi connectivity index (χ0v) is 14.0. The first-order chi connectivity index (χ1) is 10.0. The normalized spacial score (nSPS) is 22.1. The van der Waals surface area contributed by atoms with Gasteiger partial charge in [-0.25, -0.2) is 0 Å². The zero-order valence-electron chi connectivity index (χ0n) is 12.4. The number of nitrogens with two attached hydrogens (primary N) is 1. The van der Waals surface area contributed by atoms with Crippen molar-refractivity contribution in [1.29, 1.82) is 0 Å². The average molecular weight is 350 g/mol. The molecule has 1 fully saturated rings. The standard InChI is InChI=1S/C14H20ClN3O3.ClH/c1-21-12-4-5-17(11(7-12)8-16)9-10-2-3-14(18(19)20)13(15)6-10;/h2-3,6,11-12H,4-5,7-9,16H2,1H3;1H. The summed E-state index contributed by atoms with van der Waals surface area (Å²) in [6.07, 6.45) is 2.14. The first-order valence-corrected chi connectivity index (χ1v) is 7.32. The van der Waals surface area contributed by atoms with Crippen LogP contribution in [0.3, 0.4) is 0 Å². The number of piperidine rings is 1. The van der Waals surface area contributed by atoms with Crippen LogP contribution in [0.5, 0.6) is 0 Å². The lowest BCUT2D eigenvalue weighted by atomic mass is 9.98. The second-order valence-corrected chi connectivity index (χ2v) is 5.69. The van der Waals surface area contributed by atoms with Crippen LogP contribution in [0.15, 0.2) is 18.2 Å². The molecule has 1 aliphatic heterocycles. The van der Waals surface area contributed by atoms with Crippen molar-refractivity contribution in [3.63, 3.8) is 0 Å². The smallest absolute Gasteiger partial charge is 0.287 e. The van der Waals surface area contributed by atoms with Crippen LogP contribution in [-0.2, 0) is 11.3 Å². The lowest BCUT2D eigenvalue weighted by molar-refractivity contribution is -0.384. The van der Waals surface area contributed by atoms with Crippen LogP contribution in [0, 0.1) is 10.1 Å². The third-order valence-electron chi connectivity index (χ3n) is 3.99. The Labute approximate surface area is 141 Å². The van der Waals surface area contributed by atoms with E-state index in [9.17, 15) is 10.1 Å². The van der Waals surface area contributed by atoms with Gasteiger partial charge in [0.25, 0.3) is 5.69 Å². The Hall–Kier alpha value is -0.920. The van der Waals surface area contributed by atoms with Crippen LogP contribution in [-0.4, -0.2) is 42.2 Å². The molecule has 22 heavy (non-hydrogen) atoms. The predicted octanol–water partition coefficient (Wildman–Crippen LogP) is 2.61. The molecule has 1 heterocycles. The maximum atomic E-state index is 10.8. The predicted molar refractivity (Wildman–Crippen MR) is 88.6 cm³/mol. The molecule has 1 aromatic rings. The number of likely N-dealkylation sites (tertiary alicyclic amines) is 1. The highest BCUT2D eigenvalue weighted by Gasteiger charge is 2.27. The van der Waals surface area contributed by atoms with Crippen molar-refractivity contribution in [3.05, 3.63) is 38.9 Å². The minimum atomic E-state index is -0.473. The fourth-order valence-electron chi connectivity index (χ4n) is 2.76. The first-order valence-electron chi connectivity index (χ1n) is 6.95. The van der Waals surface area contributed by atoms with Gasteiger partial charge in [0, 0.05) is 38.9 Å². The van der Waals surface area contributed by atoms with E-state index < -0.39 is 4.92 Å². The fraction of sp³-hybridized carbons (Fsp3) is 0.571. The van der Waals surface area contributed by atoms with E-state index in [1.54, 1.807) is 19.2 Å². The van der Waals surface area contributed by atoms with Gasteiger partial charge in [0.05, 0.1) is 11.0 Å². The second-order valence-electron chi connectivity index (χ2n) is 5.28. The van der Waals surface area contributed by atoms with Crippen molar-refractivity contribution in [2.75, 3.05) is 20.2 Å². The number of hydrogen-bond donors (Lipinski definition) is 1. The summed E-state index contributed by atoms with van der Waals surface area (Å²) in [5.41, 5.74) is 6.74. The van der Waals surface area contributed by atoms with Crippen LogP contribution in [0.2, 0.25) is 5.02 Å². The largest absolute Gasteiger partial charge is 0.381 e. The van der Waals surface area contributed by atoms with Crippen molar-refractivity contribution >= 4 is 29.7 Å². The van der Waals surface area contributed by atoms with Crippen LogP contribution in [0.25, 0.3) is 0 Å². The summed E-state index contributed by atoms with van der Waals surface area (Å²) in [6.45, 7) is 2.16. The van der Waals surface area contributed by atoms with E-state index in [0.29, 0.717) is 13.1 Å². The Morgan fingerprint density at radius 1 is 1.55 bits per heavy atom. The third-order valence-corrected chi connectivity index (χ3v) is 4.29. The van der Waals surface area contributed by atoms with Gasteiger partial charge in [-0.05, 0) is 24.5 Å². The SMILES string of the molecule is COC1CCN(Cc2ccc([N+](=O)[O-])c(Cl)c2)C(CN)C1.Cl. The van der Waals surface area contributed by atoms with Gasteiger partial charge < -0.3 is 10.5 Å². The number of rotatable bonds is 5. The summed E-state index contributed by atoms with van der Waals surface area (Å²) < 4.78 is 5.40. The molecule has 6 nitrogen and oxygen atoms in total. The molecular weight excluding hydrogens is 329 g/mol. The number of benzene rings is 1. The molecule has 2 unspecified atom stereocenters. The third kappa shape index (κ3) is 4.54. The van der Waals surface area contributed by atoms with Crippen LogP contribution in [0.1, 0.15) is 18.4 Å². The Morgan fingerprint density at radius 2 is 2.27 bits per heavy atom. The lowest BCUT2D eigenvalue weighted by Crippen LogP contribution is -2.47. The molecule has 124 valence electrons. The van der Waals surface area contributed by atoms with E-state index in [2.05, 4.69) is 4.90 Å². The zero-order chi connectivity index (χ0) is 15.4. The van der Waals surface area contributed by atoms with Crippen molar-refractivity contribution in [3.8, 4) is 0 Å². The number of nitro benzene ring substituents is 1. The van der Waals surface area contributed by atoms with E-state index in [0.717, 1.165) is 24.9 Å². The molecule has 0 radical (unpaired) electrons. The number of nitrogens with zero attached hydrogens (tertiary/aromatic N) is 2. The van der Waals surface area contributed by atoms with Gasteiger partial charge in [-0.1, -0.05) is 17.7 Å². The highest BCUT2D eigenvalue weighted by Crippen LogP contribution is 2.27. The summed E-state index contributed by atoms with van der Waals surface area (Å²) >= 11 is 5.95. The fourth-order valence-corrected chi connectivity index (χ4v) is 3.03. The quantitative estimate of drug-likeness (QED) is 0.652. The van der Waals surface area contributed by atoms with Crippen molar-refractivity contribution < 1.29 is 9.66 Å². The summed E-state index contributed by atoms with van der Waals surface area (Å²) in [4.78, 5) is 12.6. The molecule has 0 bridgehead atoms. The van der Waals surface area contributed by atoms with Crippen molar-refractivity contribution in [2.24, 2.45) is 5.73 Å². The van der Waals surface area contributed by atoms with E-state index in [-0.39, 0.29) is 35.3 Å². The molecule has 0 aromatic heterocycles. The molecule has 1 saturated heterocycles. The highest BCUT2D eigenvalue weighted by molar-refractivity contribution is 6.32. The van der Waals surface area contributed by atoms with E-state index >= 15 is 0 Å². The number of ether oxygens (including phenoxy) is 1. The van der Waals surface area contributed by atoms with Gasteiger partial charge in [-0.15, -0.1) is 12.4 Å². The molecule has 2 N–H and O–H groups in total. The van der Waals surface area contributed by atoms with Gasteiger partial charge in [-0.2, -0.15) is 0 Å². The topological polar surface area (TPSA) is 81.6 Å². The molecule has 2 rings (SSSR count). The summed E-state index contributed by atoms with van der Waals surface area (Å²) in [6, 6.07) is 5.13. The Bertz CT molecular complexity index is 516. The minimum absolute atomic E-state index is 0. The number of halogens is 2. The Morgan fingerprint density at radius 3 is 2.82 bits per heavy atom. The van der Waals surface area contributed by atoms with Crippen LogP contribution < -0.4 is 5.73 Å². The highest BCUT2D eigenvalue weighted by atomic mass is 35.5. The molecule has 8 heteroatoms. The van der Waals surface area contributed by atoms with Gasteiger partial charge in [-0.3, -0.25) is 15.0 Å². The monoisotopic (exact) mass is 349 g/mol. The number of hydrogen-bond acceptors (Lipinski definition) is 5. The Balaban J connectivity index is 0.00000242. The van der Waals surface area contributed by atoms with E-state index in [1.807, 2.05) is 0 Å². The molecule has 0 aliphatic carbocycles. The molecule has 2 atom stereocenters. The van der Waals surface area contributed by atoms with Crippen molar-refractivity contribution in [2.45, 2.75) is 31.5 Å². The maximum absolute atomic E-state index is 10.8. The summed E-state index contributed by atoms with van der Waals surface area (Å²) in [5.74, 6) is 0. The second kappa shape index (κ2) is 8.64. The number of nitro groups is 1. The first kappa shape index (κ1) is 19.1. The van der Waals surface area contributed by atoms with Gasteiger partial charge in [0.1, 0.15) is 5.02 Å². The molecule has 0 amide bonds. The average Bonchev–Trinajstić information content (AvgIpc) is 2.47. The molecule has 1 aliphatic rings. The summed E-state index contributed by atoms with van der Waals surface area (Å²) in [7, 11) is 1.73. The van der Waals surface area contributed by atoms with Crippen LogP contribution >= 0.6 is 24.0 Å². The van der Waals surface area contributed by atoms with Gasteiger partial charge >= 0.3 is 0 Å². The van der Waals surface area contributed by atoms with E-state index in [4.69, 9.17) is 22.1 Å². The van der Waals surface area contributed by atoms with Crippen LogP contribution in [0.4, 0.5) is 5.69 Å². The Kier molecular flexibility index (Phi) is 7.52. The number of methoxy groups -OCH3 is 1. The minimum Gasteiger partial charge on any atom is -0.381 e.